The van der Waals surface area contributed by atoms with Gasteiger partial charge in [0.15, 0.2) is 0 Å². The van der Waals surface area contributed by atoms with E-state index in [4.69, 9.17) is 18.0 Å². The van der Waals surface area contributed by atoms with Crippen LogP contribution >= 0.6 is 12.2 Å². The fourth-order valence-electron chi connectivity index (χ4n) is 1.30. The summed E-state index contributed by atoms with van der Waals surface area (Å²) in [5.74, 6) is 0.667. The van der Waals surface area contributed by atoms with Gasteiger partial charge in [-0.2, -0.15) is 0 Å². The standard InChI is InChI=1S/C10H15N3O2S2/c1-13(6-7-17(2,14)15)10-8(9(11)16)4-3-5-12-10/h3-5H,6-7H2,1-2H3,(H2,11,16). The number of thiocarbonyl (C=S) groups is 1. The lowest BCUT2D eigenvalue weighted by Crippen LogP contribution is -2.28. The molecule has 0 unspecified atom stereocenters. The van der Waals surface area contributed by atoms with E-state index < -0.39 is 9.84 Å². The van der Waals surface area contributed by atoms with Crippen LogP contribution in [-0.2, 0) is 9.84 Å². The van der Waals surface area contributed by atoms with Crippen LogP contribution in [-0.4, -0.2) is 44.0 Å². The highest BCUT2D eigenvalue weighted by atomic mass is 32.2. The van der Waals surface area contributed by atoms with Crippen molar-refractivity contribution in [3.8, 4) is 0 Å². The Balaban J connectivity index is 2.89. The average Bonchev–Trinajstić information content (AvgIpc) is 2.25. The lowest BCUT2D eigenvalue weighted by atomic mass is 10.2. The molecule has 0 radical (unpaired) electrons. The molecule has 1 heterocycles. The van der Waals surface area contributed by atoms with E-state index in [1.165, 1.54) is 6.26 Å². The predicted molar refractivity (Wildman–Crippen MR) is 73.1 cm³/mol. The molecule has 0 saturated heterocycles. The smallest absolute Gasteiger partial charge is 0.149 e. The number of sulfone groups is 1. The third-order valence-electron chi connectivity index (χ3n) is 2.21. The Morgan fingerprint density at radius 2 is 2.24 bits per heavy atom. The minimum Gasteiger partial charge on any atom is -0.389 e. The van der Waals surface area contributed by atoms with Gasteiger partial charge in [0, 0.05) is 26.0 Å². The van der Waals surface area contributed by atoms with E-state index in [1.807, 2.05) is 0 Å². The summed E-state index contributed by atoms with van der Waals surface area (Å²) in [4.78, 5) is 6.15. The van der Waals surface area contributed by atoms with Crippen LogP contribution in [0.15, 0.2) is 18.3 Å². The van der Waals surface area contributed by atoms with Crippen molar-refractivity contribution >= 4 is 32.9 Å². The first kappa shape index (κ1) is 13.9. The van der Waals surface area contributed by atoms with Crippen molar-refractivity contribution in [2.75, 3.05) is 30.5 Å². The van der Waals surface area contributed by atoms with Gasteiger partial charge in [0.05, 0.1) is 11.3 Å². The van der Waals surface area contributed by atoms with Gasteiger partial charge >= 0.3 is 0 Å². The number of hydrogen-bond acceptors (Lipinski definition) is 5. The molecule has 1 rings (SSSR count). The highest BCUT2D eigenvalue weighted by molar-refractivity contribution is 7.90. The van der Waals surface area contributed by atoms with Crippen molar-refractivity contribution in [2.45, 2.75) is 0 Å². The quantitative estimate of drug-likeness (QED) is 0.772. The van der Waals surface area contributed by atoms with E-state index in [1.54, 1.807) is 30.3 Å². The molecule has 0 bridgehead atoms. The van der Waals surface area contributed by atoms with E-state index in [-0.39, 0.29) is 10.7 Å². The zero-order valence-corrected chi connectivity index (χ0v) is 11.4. The van der Waals surface area contributed by atoms with Crippen molar-refractivity contribution in [1.29, 1.82) is 0 Å². The van der Waals surface area contributed by atoms with E-state index in [0.717, 1.165) is 0 Å². The summed E-state index contributed by atoms with van der Waals surface area (Å²) in [5.41, 5.74) is 6.23. The van der Waals surface area contributed by atoms with Gasteiger partial charge in [-0.05, 0) is 12.1 Å². The van der Waals surface area contributed by atoms with Gasteiger partial charge in [-0.1, -0.05) is 12.2 Å². The van der Waals surface area contributed by atoms with E-state index >= 15 is 0 Å². The van der Waals surface area contributed by atoms with Gasteiger partial charge in [0.2, 0.25) is 0 Å². The molecule has 94 valence electrons. The van der Waals surface area contributed by atoms with Crippen molar-refractivity contribution in [1.82, 2.24) is 4.98 Å². The molecule has 0 aliphatic rings. The van der Waals surface area contributed by atoms with Crippen molar-refractivity contribution in [3.05, 3.63) is 23.9 Å². The van der Waals surface area contributed by atoms with Crippen LogP contribution in [0.5, 0.6) is 0 Å². The van der Waals surface area contributed by atoms with Crippen LogP contribution < -0.4 is 10.6 Å². The Morgan fingerprint density at radius 1 is 1.59 bits per heavy atom. The first-order chi connectivity index (χ1) is 7.81. The Bertz CT molecular complexity index is 514. The van der Waals surface area contributed by atoms with Gasteiger partial charge in [0.1, 0.15) is 20.6 Å². The van der Waals surface area contributed by atoms with Gasteiger partial charge in [-0.3, -0.25) is 0 Å². The van der Waals surface area contributed by atoms with Gasteiger partial charge in [-0.25, -0.2) is 13.4 Å². The average molecular weight is 273 g/mol. The molecule has 5 nitrogen and oxygen atoms in total. The maximum absolute atomic E-state index is 11.1. The van der Waals surface area contributed by atoms with Crippen LogP contribution in [0.4, 0.5) is 5.82 Å². The molecular weight excluding hydrogens is 258 g/mol. The maximum atomic E-state index is 11.1. The second-order valence-corrected chi connectivity index (χ2v) is 6.49. The van der Waals surface area contributed by atoms with Crippen LogP contribution in [0.25, 0.3) is 0 Å². The topological polar surface area (TPSA) is 76.3 Å². The molecule has 0 aliphatic carbocycles. The number of nitrogens with zero attached hydrogens (tertiary/aromatic N) is 2. The maximum Gasteiger partial charge on any atom is 0.149 e. The number of rotatable bonds is 5. The largest absolute Gasteiger partial charge is 0.389 e. The molecule has 17 heavy (non-hydrogen) atoms. The fraction of sp³-hybridized carbons (Fsp3) is 0.400. The molecule has 0 fully saturated rings. The number of hydrogen-bond donors (Lipinski definition) is 1. The molecule has 0 saturated carbocycles. The van der Waals surface area contributed by atoms with Crippen LogP contribution in [0.3, 0.4) is 0 Å². The van der Waals surface area contributed by atoms with Crippen molar-refractivity contribution < 1.29 is 8.42 Å². The first-order valence-electron chi connectivity index (χ1n) is 4.95. The zero-order chi connectivity index (χ0) is 13.1. The second-order valence-electron chi connectivity index (χ2n) is 3.79. The first-order valence-corrected chi connectivity index (χ1v) is 7.42. The highest BCUT2D eigenvalue weighted by Gasteiger charge is 2.12. The highest BCUT2D eigenvalue weighted by Crippen LogP contribution is 2.15. The summed E-state index contributed by atoms with van der Waals surface area (Å²) in [5, 5.41) is 0. The number of aromatic nitrogens is 1. The van der Waals surface area contributed by atoms with E-state index in [9.17, 15) is 8.42 Å². The lowest BCUT2D eigenvalue weighted by molar-refractivity contribution is 0.601. The van der Waals surface area contributed by atoms with Crippen LogP contribution in [0.2, 0.25) is 0 Å². The zero-order valence-electron chi connectivity index (χ0n) is 9.75. The molecule has 0 amide bonds. The summed E-state index contributed by atoms with van der Waals surface area (Å²) in [6.45, 7) is 0.353. The summed E-state index contributed by atoms with van der Waals surface area (Å²) < 4.78 is 22.2. The van der Waals surface area contributed by atoms with E-state index in [2.05, 4.69) is 4.98 Å². The second kappa shape index (κ2) is 5.42. The Hall–Kier alpha value is -1.21. The van der Waals surface area contributed by atoms with Crippen molar-refractivity contribution in [2.24, 2.45) is 5.73 Å². The normalized spacial score (nSPS) is 11.2. The van der Waals surface area contributed by atoms with Crippen LogP contribution in [0, 0.1) is 0 Å². The fourth-order valence-corrected chi connectivity index (χ4v) is 2.07. The van der Waals surface area contributed by atoms with Gasteiger partial charge in [-0.15, -0.1) is 0 Å². The van der Waals surface area contributed by atoms with Crippen molar-refractivity contribution in [3.63, 3.8) is 0 Å². The molecule has 0 aromatic carbocycles. The molecule has 0 aliphatic heterocycles. The summed E-state index contributed by atoms with van der Waals surface area (Å²) >= 11 is 4.92. The molecule has 0 atom stereocenters. The Labute approximate surface area is 107 Å². The molecule has 1 aromatic rings. The van der Waals surface area contributed by atoms with Gasteiger partial charge < -0.3 is 10.6 Å². The summed E-state index contributed by atoms with van der Waals surface area (Å²) in [7, 11) is -1.23. The summed E-state index contributed by atoms with van der Waals surface area (Å²) in [6.07, 6.45) is 2.82. The minimum absolute atomic E-state index is 0.0663. The third-order valence-corrected chi connectivity index (χ3v) is 3.36. The summed E-state index contributed by atoms with van der Waals surface area (Å²) in [6, 6.07) is 3.50. The lowest BCUT2D eigenvalue weighted by Gasteiger charge is -2.20. The molecule has 0 spiro atoms. The van der Waals surface area contributed by atoms with E-state index in [0.29, 0.717) is 17.9 Å². The monoisotopic (exact) mass is 273 g/mol. The molecule has 1 aromatic heterocycles. The Kier molecular flexibility index (Phi) is 4.41. The molecule has 7 heteroatoms. The number of nitrogens with two attached hydrogens (primary N) is 1. The van der Waals surface area contributed by atoms with Crippen LogP contribution in [0.1, 0.15) is 5.56 Å². The van der Waals surface area contributed by atoms with Gasteiger partial charge in [0.25, 0.3) is 0 Å². The minimum atomic E-state index is -2.99. The SMILES string of the molecule is CN(CCS(C)(=O)=O)c1ncccc1C(N)=S. The molecular formula is C10H15N3O2S2. The number of pyridine rings is 1. The molecule has 2 N–H and O–H groups in total. The Morgan fingerprint density at radius 3 is 2.76 bits per heavy atom. The third kappa shape index (κ3) is 4.27. The number of anilines is 1. The predicted octanol–water partition coefficient (Wildman–Crippen LogP) is 0.197.